The normalized spacial score (nSPS) is 20.8. The molecule has 0 spiro atoms. The number of para-hydroxylation sites is 1. The summed E-state index contributed by atoms with van der Waals surface area (Å²) in [6.07, 6.45) is -0.335. The van der Waals surface area contributed by atoms with Crippen molar-refractivity contribution < 1.29 is 9.90 Å². The predicted octanol–water partition coefficient (Wildman–Crippen LogP) is 3.49. The molecule has 2 heterocycles. The van der Waals surface area contributed by atoms with Gasteiger partial charge in [0.25, 0.3) is 5.91 Å². The molecular weight excluding hydrogens is 352 g/mol. The number of hydrogen-bond acceptors (Lipinski definition) is 5. The molecule has 0 aromatic heterocycles. The second-order valence-corrected chi connectivity index (χ2v) is 8.02. The van der Waals surface area contributed by atoms with Gasteiger partial charge in [-0.25, -0.2) is 0 Å². The third-order valence-corrected chi connectivity index (χ3v) is 6.65. The summed E-state index contributed by atoms with van der Waals surface area (Å²) in [5.74, 6) is 1.09. The van der Waals surface area contributed by atoms with E-state index < -0.39 is 0 Å². The molecule has 25 heavy (non-hydrogen) atoms. The van der Waals surface area contributed by atoms with Crippen LogP contribution in [0.15, 0.2) is 75.6 Å². The van der Waals surface area contributed by atoms with Crippen LogP contribution in [0, 0.1) is 0 Å². The Morgan fingerprint density at radius 2 is 1.56 bits per heavy atom. The fourth-order valence-corrected chi connectivity index (χ4v) is 5.18. The minimum atomic E-state index is -0.335. The Labute approximate surface area is 154 Å². The molecule has 1 fully saturated rings. The summed E-state index contributed by atoms with van der Waals surface area (Å²) >= 11 is 3.06. The second kappa shape index (κ2) is 7.07. The van der Waals surface area contributed by atoms with Crippen molar-refractivity contribution in [1.29, 1.82) is 0 Å². The second-order valence-electron chi connectivity index (χ2n) is 5.71. The molecule has 0 atom stereocenters. The predicted molar refractivity (Wildman–Crippen MR) is 105 cm³/mol. The lowest BCUT2D eigenvalue weighted by atomic mass is 10.0. The van der Waals surface area contributed by atoms with Crippen molar-refractivity contribution in [2.75, 3.05) is 16.5 Å². The van der Waals surface area contributed by atoms with Gasteiger partial charge in [-0.3, -0.25) is 4.79 Å². The molecule has 2 aromatic rings. The number of rotatable bonds is 2. The number of benzene rings is 2. The van der Waals surface area contributed by atoms with Crippen LogP contribution in [-0.2, 0) is 4.79 Å². The molecule has 0 radical (unpaired) electrons. The van der Waals surface area contributed by atoms with Gasteiger partial charge in [0.15, 0.2) is 0 Å². The van der Waals surface area contributed by atoms with Crippen molar-refractivity contribution in [2.45, 2.75) is 6.10 Å². The Morgan fingerprint density at radius 3 is 2.20 bits per heavy atom. The van der Waals surface area contributed by atoms with Crippen molar-refractivity contribution >= 4 is 40.8 Å². The first-order valence-corrected chi connectivity index (χ1v) is 9.93. The molecule has 1 N–H and O–H groups in total. The third kappa shape index (κ3) is 3.25. The van der Waals surface area contributed by atoms with Crippen LogP contribution < -0.4 is 5.01 Å². The lowest BCUT2D eigenvalue weighted by molar-refractivity contribution is -0.114. The number of aliphatic hydroxyl groups is 1. The number of carbonyl (C=O) groups excluding carboxylic acids is 1. The van der Waals surface area contributed by atoms with E-state index in [0.29, 0.717) is 22.8 Å². The number of aliphatic hydroxyl groups excluding tert-OH is 1. The monoisotopic (exact) mass is 368 g/mol. The lowest BCUT2D eigenvalue weighted by Crippen LogP contribution is -2.23. The maximum absolute atomic E-state index is 13.1. The van der Waals surface area contributed by atoms with Gasteiger partial charge in [-0.15, -0.1) is 23.5 Å². The first kappa shape index (κ1) is 16.4. The van der Waals surface area contributed by atoms with E-state index >= 15 is 0 Å². The quantitative estimate of drug-likeness (QED) is 0.825. The molecule has 4 rings (SSSR count). The van der Waals surface area contributed by atoms with Crippen LogP contribution in [0.1, 0.15) is 5.56 Å². The Balaban J connectivity index is 1.81. The summed E-state index contributed by atoms with van der Waals surface area (Å²) in [5.41, 5.74) is 3.00. The van der Waals surface area contributed by atoms with Crippen molar-refractivity contribution in [1.82, 2.24) is 0 Å². The van der Waals surface area contributed by atoms with Crippen molar-refractivity contribution in [2.24, 2.45) is 5.10 Å². The highest BCUT2D eigenvalue weighted by atomic mass is 32.2. The van der Waals surface area contributed by atoms with Gasteiger partial charge in [0, 0.05) is 17.1 Å². The summed E-state index contributed by atoms with van der Waals surface area (Å²) in [6.45, 7) is 0. The minimum absolute atomic E-state index is 0.114. The lowest BCUT2D eigenvalue weighted by Gasteiger charge is -2.20. The largest absolute Gasteiger partial charge is 0.391 e. The summed E-state index contributed by atoms with van der Waals surface area (Å²) in [7, 11) is 0. The fourth-order valence-electron chi connectivity index (χ4n) is 2.71. The minimum Gasteiger partial charge on any atom is -0.391 e. The van der Waals surface area contributed by atoms with Crippen LogP contribution in [0.3, 0.4) is 0 Å². The first-order chi connectivity index (χ1) is 12.2. The van der Waals surface area contributed by atoms with Gasteiger partial charge in [0.1, 0.15) is 5.71 Å². The summed E-state index contributed by atoms with van der Waals surface area (Å²) in [6, 6.07) is 19.2. The van der Waals surface area contributed by atoms with Crippen LogP contribution in [0.5, 0.6) is 0 Å². The van der Waals surface area contributed by atoms with E-state index in [1.807, 2.05) is 60.7 Å². The Hall–Kier alpha value is -2.02. The summed E-state index contributed by atoms with van der Waals surface area (Å²) in [5, 5.41) is 15.9. The smallest absolute Gasteiger partial charge is 0.282 e. The van der Waals surface area contributed by atoms with Gasteiger partial charge >= 0.3 is 0 Å². The fraction of sp³-hybridized carbons (Fsp3) is 0.158. The molecule has 1 saturated heterocycles. The van der Waals surface area contributed by atoms with E-state index in [4.69, 9.17) is 0 Å². The molecule has 6 heteroatoms. The zero-order valence-corrected chi connectivity index (χ0v) is 15.0. The molecular formula is C19H16N2O2S2. The van der Waals surface area contributed by atoms with E-state index in [-0.39, 0.29) is 12.0 Å². The number of thioether (sulfide) groups is 2. The molecule has 1 amide bonds. The maximum atomic E-state index is 13.1. The van der Waals surface area contributed by atoms with Gasteiger partial charge in [-0.2, -0.15) is 10.1 Å². The van der Waals surface area contributed by atoms with E-state index in [9.17, 15) is 9.90 Å². The molecule has 0 bridgehead atoms. The number of nitrogens with zero attached hydrogens (tertiary/aromatic N) is 2. The van der Waals surface area contributed by atoms with Crippen LogP contribution in [0.2, 0.25) is 0 Å². The molecule has 0 aliphatic carbocycles. The van der Waals surface area contributed by atoms with E-state index in [1.54, 1.807) is 0 Å². The van der Waals surface area contributed by atoms with Crippen LogP contribution in [-0.4, -0.2) is 34.3 Å². The standard InChI is InChI=1S/C19H16N2O2S2/c22-15-11-24-19(25-12-15)16-17(13-7-3-1-4-8-13)20-21(18(16)23)14-9-5-2-6-10-14/h1-10,15,22H,11-12H2. The van der Waals surface area contributed by atoms with Gasteiger partial charge in [0.2, 0.25) is 0 Å². The van der Waals surface area contributed by atoms with Gasteiger partial charge in [-0.1, -0.05) is 48.5 Å². The highest BCUT2D eigenvalue weighted by Gasteiger charge is 2.36. The topological polar surface area (TPSA) is 52.9 Å². The van der Waals surface area contributed by atoms with Crippen LogP contribution in [0.25, 0.3) is 0 Å². The first-order valence-electron chi connectivity index (χ1n) is 7.96. The van der Waals surface area contributed by atoms with Crippen molar-refractivity contribution in [3.63, 3.8) is 0 Å². The van der Waals surface area contributed by atoms with Crippen LogP contribution in [0.4, 0.5) is 5.69 Å². The average molecular weight is 368 g/mol. The van der Waals surface area contributed by atoms with Gasteiger partial charge in [0.05, 0.1) is 21.6 Å². The summed E-state index contributed by atoms with van der Waals surface area (Å²) < 4.78 is 0.941. The Bertz CT molecular complexity index is 840. The zero-order valence-electron chi connectivity index (χ0n) is 13.3. The molecule has 2 aromatic carbocycles. The molecule has 0 unspecified atom stereocenters. The molecule has 2 aliphatic heterocycles. The zero-order chi connectivity index (χ0) is 17.2. The van der Waals surface area contributed by atoms with Gasteiger partial charge < -0.3 is 5.11 Å². The van der Waals surface area contributed by atoms with Crippen molar-refractivity contribution in [3.8, 4) is 0 Å². The highest BCUT2D eigenvalue weighted by Crippen LogP contribution is 2.41. The number of hydrogen-bond donors (Lipinski definition) is 1. The van der Waals surface area contributed by atoms with Crippen LogP contribution >= 0.6 is 23.5 Å². The van der Waals surface area contributed by atoms with Gasteiger partial charge in [-0.05, 0) is 12.1 Å². The summed E-state index contributed by atoms with van der Waals surface area (Å²) in [4.78, 5) is 13.1. The highest BCUT2D eigenvalue weighted by molar-refractivity contribution is 8.23. The number of carbonyl (C=O) groups is 1. The number of hydrazone groups is 1. The molecule has 4 nitrogen and oxygen atoms in total. The Kier molecular flexibility index (Phi) is 4.65. The molecule has 2 aliphatic rings. The third-order valence-electron chi connectivity index (χ3n) is 3.91. The van der Waals surface area contributed by atoms with E-state index in [0.717, 1.165) is 15.5 Å². The van der Waals surface area contributed by atoms with Crippen molar-refractivity contribution in [3.05, 3.63) is 76.0 Å². The van der Waals surface area contributed by atoms with E-state index in [2.05, 4.69) is 5.10 Å². The molecule has 126 valence electrons. The Morgan fingerprint density at radius 1 is 0.960 bits per heavy atom. The SMILES string of the molecule is O=C1C(=C2SCC(O)CS2)C(c2ccccc2)=NN1c1ccccc1. The number of anilines is 1. The average Bonchev–Trinajstić information content (AvgIpc) is 3.01. The van der Waals surface area contributed by atoms with E-state index in [1.165, 1.54) is 28.5 Å². The maximum Gasteiger partial charge on any atom is 0.282 e. The number of amides is 1. The molecule has 0 saturated carbocycles.